The highest BCUT2D eigenvalue weighted by Crippen LogP contribution is 2.37. The van der Waals surface area contributed by atoms with Crippen molar-refractivity contribution in [2.24, 2.45) is 0 Å². The van der Waals surface area contributed by atoms with Gasteiger partial charge in [-0.25, -0.2) is 4.79 Å². The minimum absolute atomic E-state index is 0.152. The molecule has 3 aromatic rings. The zero-order chi connectivity index (χ0) is 21.8. The Balaban J connectivity index is 1.51. The summed E-state index contributed by atoms with van der Waals surface area (Å²) in [6, 6.07) is 15.2. The van der Waals surface area contributed by atoms with Gasteiger partial charge in [0.05, 0.1) is 13.7 Å². The van der Waals surface area contributed by atoms with E-state index in [9.17, 15) is 9.90 Å². The Morgan fingerprint density at radius 3 is 2.90 bits per heavy atom. The van der Waals surface area contributed by atoms with E-state index in [2.05, 4.69) is 52.5 Å². The number of rotatable bonds is 8. The number of methoxy groups -OCH3 is 1. The highest BCUT2D eigenvalue weighted by Gasteiger charge is 2.28. The summed E-state index contributed by atoms with van der Waals surface area (Å²) >= 11 is 0. The van der Waals surface area contributed by atoms with Crippen LogP contribution < -0.4 is 0 Å². The van der Waals surface area contributed by atoms with E-state index in [4.69, 9.17) is 4.74 Å². The largest absolute Gasteiger partial charge is 0.466 e. The Bertz CT molecular complexity index is 1100. The molecule has 2 aromatic carbocycles. The lowest BCUT2D eigenvalue weighted by Gasteiger charge is -2.29. The second-order valence-electron chi connectivity index (χ2n) is 8.19. The van der Waals surface area contributed by atoms with Crippen molar-refractivity contribution in [2.45, 2.75) is 32.2 Å². The van der Waals surface area contributed by atoms with E-state index in [1.54, 1.807) is 0 Å². The average Bonchev–Trinajstić information content (AvgIpc) is 3.40. The molecule has 31 heavy (non-hydrogen) atoms. The first-order valence-electron chi connectivity index (χ1n) is 10.9. The number of hydrogen-bond acceptors (Lipinski definition) is 4. The van der Waals surface area contributed by atoms with Gasteiger partial charge in [0.2, 0.25) is 0 Å². The van der Waals surface area contributed by atoms with E-state index in [-0.39, 0.29) is 12.6 Å². The van der Waals surface area contributed by atoms with Crippen molar-refractivity contribution < 1.29 is 14.6 Å². The number of fused-ring (bicyclic) bond motifs is 2. The molecule has 1 atom stereocenters. The van der Waals surface area contributed by atoms with Crippen LogP contribution in [0.15, 0.2) is 54.7 Å². The number of benzene rings is 2. The van der Waals surface area contributed by atoms with Gasteiger partial charge in [0, 0.05) is 42.3 Å². The van der Waals surface area contributed by atoms with Gasteiger partial charge in [-0.2, -0.15) is 0 Å². The van der Waals surface area contributed by atoms with Crippen molar-refractivity contribution in [3.05, 3.63) is 77.0 Å². The van der Waals surface area contributed by atoms with Gasteiger partial charge in [-0.05, 0) is 60.1 Å². The van der Waals surface area contributed by atoms with Gasteiger partial charge in [-0.3, -0.25) is 4.90 Å². The van der Waals surface area contributed by atoms with Crippen molar-refractivity contribution in [1.29, 1.82) is 0 Å². The predicted molar refractivity (Wildman–Crippen MR) is 124 cm³/mol. The van der Waals surface area contributed by atoms with E-state index in [1.165, 1.54) is 40.8 Å². The van der Waals surface area contributed by atoms with Crippen LogP contribution in [-0.4, -0.2) is 47.8 Å². The molecule has 0 amide bonds. The van der Waals surface area contributed by atoms with Gasteiger partial charge >= 0.3 is 5.97 Å². The zero-order valence-corrected chi connectivity index (χ0v) is 18.2. The number of aromatic amines is 1. The third-order valence-corrected chi connectivity index (χ3v) is 6.35. The van der Waals surface area contributed by atoms with Crippen LogP contribution >= 0.6 is 0 Å². The molecule has 5 nitrogen and oxygen atoms in total. The molecule has 0 saturated heterocycles. The van der Waals surface area contributed by atoms with Crippen LogP contribution in [0.2, 0.25) is 0 Å². The van der Waals surface area contributed by atoms with E-state index >= 15 is 0 Å². The topological polar surface area (TPSA) is 65.6 Å². The number of aliphatic hydroxyl groups excluding tert-OH is 1. The second-order valence-corrected chi connectivity index (χ2v) is 8.19. The number of para-hydroxylation sites is 1. The summed E-state index contributed by atoms with van der Waals surface area (Å²) in [7, 11) is 1.39. The van der Waals surface area contributed by atoms with E-state index in [1.807, 2.05) is 13.0 Å². The predicted octanol–water partition coefficient (Wildman–Crippen LogP) is 4.27. The van der Waals surface area contributed by atoms with Crippen LogP contribution in [0.25, 0.3) is 16.5 Å². The molecule has 0 radical (unpaired) electrons. The lowest BCUT2D eigenvalue weighted by Crippen LogP contribution is -2.32. The average molecular weight is 419 g/mol. The van der Waals surface area contributed by atoms with Crippen LogP contribution in [-0.2, 0) is 22.4 Å². The lowest BCUT2D eigenvalue weighted by molar-refractivity contribution is -0.134. The summed E-state index contributed by atoms with van der Waals surface area (Å²) in [6.07, 6.45) is 6.64. The molecular weight excluding hydrogens is 388 g/mol. The number of H-pyrrole nitrogens is 1. The number of nitrogens with zero attached hydrogens (tertiary/aromatic N) is 1. The Kier molecular flexibility index (Phi) is 6.54. The number of aryl methyl sites for hydroxylation is 1. The summed E-state index contributed by atoms with van der Waals surface area (Å²) in [4.78, 5) is 17.3. The van der Waals surface area contributed by atoms with Crippen LogP contribution in [0.3, 0.4) is 0 Å². The second kappa shape index (κ2) is 9.50. The molecule has 1 unspecified atom stereocenters. The van der Waals surface area contributed by atoms with Crippen LogP contribution in [0, 0.1) is 0 Å². The van der Waals surface area contributed by atoms with E-state index < -0.39 is 0 Å². The minimum Gasteiger partial charge on any atom is -0.466 e. The SMILES string of the molecule is COC(=O)C=C(C)c1ccc2c(c1)CCC2N(CCO)CCc1c[nH]c2ccccc12. The fourth-order valence-electron chi connectivity index (χ4n) is 4.69. The van der Waals surface area contributed by atoms with Gasteiger partial charge in [0.15, 0.2) is 0 Å². The molecule has 0 bridgehead atoms. The molecule has 1 heterocycles. The first kappa shape index (κ1) is 21.3. The molecule has 1 aliphatic rings. The number of aromatic nitrogens is 1. The fourth-order valence-corrected chi connectivity index (χ4v) is 4.69. The highest BCUT2D eigenvalue weighted by atomic mass is 16.5. The number of hydrogen-bond donors (Lipinski definition) is 2. The van der Waals surface area contributed by atoms with E-state index in [0.717, 1.165) is 36.9 Å². The molecule has 162 valence electrons. The number of allylic oxidation sites excluding steroid dienone is 1. The smallest absolute Gasteiger partial charge is 0.330 e. The first-order valence-corrected chi connectivity index (χ1v) is 10.9. The monoisotopic (exact) mass is 418 g/mol. The Morgan fingerprint density at radius 1 is 1.26 bits per heavy atom. The molecule has 2 N–H and O–H groups in total. The summed E-state index contributed by atoms with van der Waals surface area (Å²) in [6.45, 7) is 3.65. The third-order valence-electron chi connectivity index (χ3n) is 6.35. The van der Waals surface area contributed by atoms with Crippen LogP contribution in [0.1, 0.15) is 41.6 Å². The number of aliphatic hydroxyl groups is 1. The van der Waals surface area contributed by atoms with Crippen molar-refractivity contribution >= 4 is 22.4 Å². The normalized spacial score (nSPS) is 16.1. The van der Waals surface area contributed by atoms with Gasteiger partial charge in [0.25, 0.3) is 0 Å². The Hall–Kier alpha value is -2.89. The molecule has 0 fully saturated rings. The van der Waals surface area contributed by atoms with Crippen molar-refractivity contribution in [3.8, 4) is 0 Å². The number of ether oxygens (including phenoxy) is 1. The number of esters is 1. The summed E-state index contributed by atoms with van der Waals surface area (Å²) < 4.78 is 4.75. The van der Waals surface area contributed by atoms with E-state index in [0.29, 0.717) is 12.6 Å². The van der Waals surface area contributed by atoms with Crippen LogP contribution in [0.4, 0.5) is 0 Å². The molecule has 0 spiro atoms. The number of carbonyl (C=O) groups is 1. The zero-order valence-electron chi connectivity index (χ0n) is 18.2. The molecule has 0 aliphatic heterocycles. The summed E-state index contributed by atoms with van der Waals surface area (Å²) in [5.74, 6) is -0.331. The Labute approximate surface area is 183 Å². The maximum Gasteiger partial charge on any atom is 0.330 e. The van der Waals surface area contributed by atoms with Gasteiger partial charge in [-0.15, -0.1) is 0 Å². The number of carbonyl (C=O) groups excluding carboxylic acids is 1. The quantitative estimate of drug-likeness (QED) is 0.424. The lowest BCUT2D eigenvalue weighted by atomic mass is 9.99. The minimum atomic E-state index is -0.331. The highest BCUT2D eigenvalue weighted by molar-refractivity contribution is 5.90. The van der Waals surface area contributed by atoms with Gasteiger partial charge < -0.3 is 14.8 Å². The van der Waals surface area contributed by atoms with Crippen molar-refractivity contribution in [1.82, 2.24) is 9.88 Å². The van der Waals surface area contributed by atoms with Crippen molar-refractivity contribution in [2.75, 3.05) is 26.8 Å². The summed E-state index contributed by atoms with van der Waals surface area (Å²) in [5.41, 5.74) is 7.11. The fraction of sp³-hybridized carbons (Fsp3) is 0.346. The maximum atomic E-state index is 11.6. The maximum absolute atomic E-state index is 11.6. The number of nitrogens with one attached hydrogen (secondary N) is 1. The third kappa shape index (κ3) is 4.58. The van der Waals surface area contributed by atoms with Crippen LogP contribution in [0.5, 0.6) is 0 Å². The molecule has 1 aliphatic carbocycles. The summed E-state index contributed by atoms with van der Waals surface area (Å²) in [5, 5.41) is 11.0. The van der Waals surface area contributed by atoms with Crippen molar-refractivity contribution in [3.63, 3.8) is 0 Å². The van der Waals surface area contributed by atoms with Gasteiger partial charge in [0.1, 0.15) is 0 Å². The molecule has 1 aromatic heterocycles. The molecule has 4 rings (SSSR count). The Morgan fingerprint density at radius 2 is 2.10 bits per heavy atom. The van der Waals surface area contributed by atoms with Gasteiger partial charge in [-0.1, -0.05) is 36.4 Å². The molecule has 5 heteroatoms. The first-order chi connectivity index (χ1) is 15.1. The molecular formula is C26H30N2O3. The molecule has 0 saturated carbocycles. The standard InChI is InChI=1S/C26H30N2O3/c1-18(15-26(30)31-2)19-7-9-23-20(16-19)8-10-25(23)28(13-14-29)12-11-21-17-27-24-6-4-3-5-22(21)24/h3-7,9,15-17,25,27,29H,8,10-14H2,1-2H3.